The molecule has 0 saturated heterocycles. The van der Waals surface area contributed by atoms with E-state index in [1.54, 1.807) is 0 Å². The molecule has 9 nitrogen and oxygen atoms in total. The highest BCUT2D eigenvalue weighted by molar-refractivity contribution is 9.10. The number of methoxy groups -OCH3 is 1. The van der Waals surface area contributed by atoms with Crippen LogP contribution in [0.4, 0.5) is 11.4 Å². The predicted molar refractivity (Wildman–Crippen MR) is 87.1 cm³/mol. The van der Waals surface area contributed by atoms with Crippen molar-refractivity contribution >= 4 is 39.2 Å². The zero-order valence-electron chi connectivity index (χ0n) is 12.6. The van der Waals surface area contributed by atoms with E-state index in [4.69, 9.17) is 5.11 Å². The number of benzene rings is 1. The minimum atomic E-state index is -0.719. The van der Waals surface area contributed by atoms with Crippen molar-refractivity contribution in [3.05, 3.63) is 44.1 Å². The largest absolute Gasteiger partial charge is 0.466 e. The molecule has 128 valence electrons. The van der Waals surface area contributed by atoms with Gasteiger partial charge < -0.3 is 20.1 Å². The SMILES string of the molecule is COC(=O)C1=C(Nc2cc(Br)ccc2[N+](=O)[O-])C(=O)N(CCO)C1. The third-order valence-corrected chi connectivity index (χ3v) is 3.86. The van der Waals surface area contributed by atoms with Gasteiger partial charge in [-0.05, 0) is 12.1 Å². The number of nitro groups is 1. The van der Waals surface area contributed by atoms with Crippen LogP contribution in [0.1, 0.15) is 0 Å². The van der Waals surface area contributed by atoms with Crippen molar-refractivity contribution in [3.8, 4) is 0 Å². The quantitative estimate of drug-likeness (QED) is 0.416. The topological polar surface area (TPSA) is 122 Å². The number of nitro benzene ring substituents is 1. The molecule has 0 radical (unpaired) electrons. The van der Waals surface area contributed by atoms with Gasteiger partial charge >= 0.3 is 5.97 Å². The van der Waals surface area contributed by atoms with Crippen LogP contribution < -0.4 is 5.32 Å². The highest BCUT2D eigenvalue weighted by atomic mass is 79.9. The summed E-state index contributed by atoms with van der Waals surface area (Å²) in [4.78, 5) is 36.1. The standard InChI is InChI=1S/C14H14BrN3O6/c1-24-14(21)9-7-17(4-5-19)13(20)12(9)16-10-6-8(15)2-3-11(10)18(22)23/h2-3,6,16,19H,4-5,7H2,1H3. The number of aliphatic hydroxyl groups excluding tert-OH is 1. The lowest BCUT2D eigenvalue weighted by Gasteiger charge is -2.15. The third kappa shape index (κ3) is 3.54. The number of halogens is 1. The lowest BCUT2D eigenvalue weighted by Crippen LogP contribution is -2.31. The molecule has 1 aromatic carbocycles. The number of carbonyl (C=O) groups excluding carboxylic acids is 2. The van der Waals surface area contributed by atoms with E-state index in [0.29, 0.717) is 4.47 Å². The Bertz CT molecular complexity index is 733. The molecule has 2 N–H and O–H groups in total. The van der Waals surface area contributed by atoms with E-state index < -0.39 is 16.8 Å². The molecular formula is C14H14BrN3O6. The van der Waals surface area contributed by atoms with Crippen molar-refractivity contribution in [1.29, 1.82) is 0 Å². The molecule has 0 unspecified atom stereocenters. The maximum Gasteiger partial charge on any atom is 0.337 e. The first-order chi connectivity index (χ1) is 11.4. The van der Waals surface area contributed by atoms with E-state index in [0.717, 1.165) is 0 Å². The predicted octanol–water partition coefficient (Wildman–Crippen LogP) is 1.03. The van der Waals surface area contributed by atoms with E-state index in [9.17, 15) is 19.7 Å². The van der Waals surface area contributed by atoms with Gasteiger partial charge in [0.15, 0.2) is 0 Å². The summed E-state index contributed by atoms with van der Waals surface area (Å²) in [5, 5.41) is 22.8. The van der Waals surface area contributed by atoms with Crippen molar-refractivity contribution in [2.24, 2.45) is 0 Å². The van der Waals surface area contributed by atoms with Crippen molar-refractivity contribution in [2.75, 3.05) is 32.1 Å². The van der Waals surface area contributed by atoms with Crippen LogP contribution in [0.15, 0.2) is 33.9 Å². The average Bonchev–Trinajstić information content (AvgIpc) is 2.84. The Balaban J connectivity index is 2.44. The molecule has 0 aromatic heterocycles. The Morgan fingerprint density at radius 1 is 1.54 bits per heavy atom. The first-order valence-corrected chi connectivity index (χ1v) is 7.61. The van der Waals surface area contributed by atoms with Crippen molar-refractivity contribution in [3.63, 3.8) is 0 Å². The molecule has 1 heterocycles. The summed E-state index contributed by atoms with van der Waals surface area (Å²) in [6.07, 6.45) is 0. The Morgan fingerprint density at radius 3 is 2.83 bits per heavy atom. The number of nitrogens with zero attached hydrogens (tertiary/aromatic N) is 2. The molecule has 0 bridgehead atoms. The highest BCUT2D eigenvalue weighted by Gasteiger charge is 2.35. The Hall–Kier alpha value is -2.46. The zero-order valence-corrected chi connectivity index (χ0v) is 14.2. The third-order valence-electron chi connectivity index (χ3n) is 3.37. The number of carbonyl (C=O) groups is 2. The fourth-order valence-electron chi connectivity index (χ4n) is 2.25. The van der Waals surface area contributed by atoms with Gasteiger partial charge in [0, 0.05) is 17.1 Å². The lowest BCUT2D eigenvalue weighted by atomic mass is 10.2. The molecule has 0 atom stereocenters. The van der Waals surface area contributed by atoms with E-state index in [2.05, 4.69) is 26.0 Å². The summed E-state index contributed by atoms with van der Waals surface area (Å²) in [5.41, 5.74) is -0.241. The first kappa shape index (κ1) is 17.9. The molecular weight excluding hydrogens is 386 g/mol. The Kier molecular flexibility index (Phi) is 5.52. The zero-order chi connectivity index (χ0) is 17.9. The molecule has 1 aliphatic rings. The second kappa shape index (κ2) is 7.41. The van der Waals surface area contributed by atoms with Gasteiger partial charge in [-0.3, -0.25) is 14.9 Å². The molecule has 2 rings (SSSR count). The second-order valence-electron chi connectivity index (χ2n) is 4.84. The normalized spacial score (nSPS) is 14.1. The molecule has 0 saturated carbocycles. The first-order valence-electron chi connectivity index (χ1n) is 6.81. The monoisotopic (exact) mass is 399 g/mol. The van der Waals surface area contributed by atoms with Gasteiger partial charge in [-0.2, -0.15) is 0 Å². The second-order valence-corrected chi connectivity index (χ2v) is 5.75. The number of hydrogen-bond donors (Lipinski definition) is 2. The molecule has 1 aliphatic heterocycles. The summed E-state index contributed by atoms with van der Waals surface area (Å²) >= 11 is 3.21. The fourth-order valence-corrected chi connectivity index (χ4v) is 2.61. The van der Waals surface area contributed by atoms with Crippen molar-refractivity contribution in [1.82, 2.24) is 4.90 Å². The van der Waals surface area contributed by atoms with Gasteiger partial charge in [-0.25, -0.2) is 4.79 Å². The summed E-state index contributed by atoms with van der Waals surface area (Å²) in [6.45, 7) is -0.286. The number of β-amino-alcohol motifs (C(OH)–C–C–N with tert-alkyl or cyclic N) is 1. The molecule has 1 amide bonds. The Labute approximate surface area is 145 Å². The highest BCUT2D eigenvalue weighted by Crippen LogP contribution is 2.31. The summed E-state index contributed by atoms with van der Waals surface area (Å²) in [5.74, 6) is -1.26. The van der Waals surface area contributed by atoms with Gasteiger partial charge in [0.25, 0.3) is 11.6 Å². The van der Waals surface area contributed by atoms with E-state index in [1.807, 2.05) is 0 Å². The van der Waals surface area contributed by atoms with Crippen molar-refractivity contribution < 1.29 is 24.4 Å². The number of esters is 1. The number of nitrogens with one attached hydrogen (secondary N) is 1. The minimum Gasteiger partial charge on any atom is -0.466 e. The smallest absolute Gasteiger partial charge is 0.337 e. The minimum absolute atomic E-state index is 0.0328. The maximum atomic E-state index is 12.4. The van der Waals surface area contributed by atoms with Gasteiger partial charge in [0.2, 0.25) is 0 Å². The summed E-state index contributed by atoms with van der Waals surface area (Å²) < 4.78 is 5.22. The van der Waals surface area contributed by atoms with Crippen LogP contribution in [0.2, 0.25) is 0 Å². The van der Waals surface area contributed by atoms with Crippen LogP contribution >= 0.6 is 15.9 Å². The summed E-state index contributed by atoms with van der Waals surface area (Å²) in [7, 11) is 1.17. The Morgan fingerprint density at radius 2 is 2.25 bits per heavy atom. The molecule has 0 fully saturated rings. The van der Waals surface area contributed by atoms with Crippen LogP contribution in [-0.2, 0) is 14.3 Å². The van der Waals surface area contributed by atoms with Crippen LogP contribution in [-0.4, -0.2) is 53.6 Å². The van der Waals surface area contributed by atoms with Crippen LogP contribution in [0.3, 0.4) is 0 Å². The number of amides is 1. The van der Waals surface area contributed by atoms with Crippen molar-refractivity contribution in [2.45, 2.75) is 0 Å². The number of rotatable bonds is 6. The fraction of sp³-hybridized carbons (Fsp3) is 0.286. The van der Waals surface area contributed by atoms with Gasteiger partial charge in [0.05, 0.1) is 30.8 Å². The van der Waals surface area contributed by atoms with Crippen LogP contribution in [0.5, 0.6) is 0 Å². The average molecular weight is 400 g/mol. The molecule has 1 aromatic rings. The van der Waals surface area contributed by atoms with Crippen LogP contribution in [0, 0.1) is 10.1 Å². The number of anilines is 1. The van der Waals surface area contributed by atoms with Gasteiger partial charge in [-0.1, -0.05) is 15.9 Å². The lowest BCUT2D eigenvalue weighted by molar-refractivity contribution is -0.383. The number of hydrogen-bond acceptors (Lipinski definition) is 7. The maximum absolute atomic E-state index is 12.4. The molecule has 0 aliphatic carbocycles. The molecule has 24 heavy (non-hydrogen) atoms. The molecule has 0 spiro atoms. The van der Waals surface area contributed by atoms with Gasteiger partial charge in [0.1, 0.15) is 11.4 Å². The van der Waals surface area contributed by atoms with E-state index in [1.165, 1.54) is 30.2 Å². The van der Waals surface area contributed by atoms with Crippen LogP contribution in [0.25, 0.3) is 0 Å². The van der Waals surface area contributed by atoms with E-state index >= 15 is 0 Å². The summed E-state index contributed by atoms with van der Waals surface area (Å²) in [6, 6.07) is 4.20. The van der Waals surface area contributed by atoms with Gasteiger partial charge in [-0.15, -0.1) is 0 Å². The number of aliphatic hydroxyl groups is 1. The molecule has 10 heteroatoms. The number of ether oxygens (including phenoxy) is 1. The van der Waals surface area contributed by atoms with E-state index in [-0.39, 0.29) is 42.3 Å².